The average Bonchev–Trinajstić information content (AvgIpc) is 3.58. The zero-order chi connectivity index (χ0) is 20.4. The van der Waals surface area contributed by atoms with Crippen LogP contribution in [0.2, 0.25) is 0 Å². The molecule has 0 radical (unpaired) electrons. The molecule has 1 aromatic heterocycles. The SMILES string of the molecule is Cc1c(-c2ccccc2)nc2ccccc2c1C(=O)OCC(=O)N[C@H](C)C1CC1. The second-order valence-electron chi connectivity index (χ2n) is 7.61. The van der Waals surface area contributed by atoms with Crippen LogP contribution >= 0.6 is 0 Å². The molecule has 1 N–H and O–H groups in total. The molecular formula is C24H24N2O3. The Morgan fingerprint density at radius 1 is 1.10 bits per heavy atom. The van der Waals surface area contributed by atoms with Crippen LogP contribution in [0, 0.1) is 12.8 Å². The van der Waals surface area contributed by atoms with Gasteiger partial charge in [0.2, 0.25) is 0 Å². The monoisotopic (exact) mass is 388 g/mol. The van der Waals surface area contributed by atoms with Gasteiger partial charge in [-0.05, 0) is 44.2 Å². The number of esters is 1. The number of ether oxygens (including phenoxy) is 1. The molecule has 0 saturated heterocycles. The summed E-state index contributed by atoms with van der Waals surface area (Å²) in [7, 11) is 0. The lowest BCUT2D eigenvalue weighted by Gasteiger charge is -2.15. The number of benzene rings is 2. The second kappa shape index (κ2) is 8.03. The minimum atomic E-state index is -0.507. The van der Waals surface area contributed by atoms with Crippen molar-refractivity contribution in [1.29, 1.82) is 0 Å². The lowest BCUT2D eigenvalue weighted by Crippen LogP contribution is -2.37. The number of aromatic nitrogens is 1. The highest BCUT2D eigenvalue weighted by Crippen LogP contribution is 2.32. The molecule has 5 heteroatoms. The Morgan fingerprint density at radius 3 is 2.52 bits per heavy atom. The summed E-state index contributed by atoms with van der Waals surface area (Å²) in [5.74, 6) is -0.223. The largest absolute Gasteiger partial charge is 0.452 e. The average molecular weight is 388 g/mol. The number of amides is 1. The number of para-hydroxylation sites is 1. The van der Waals surface area contributed by atoms with Crippen LogP contribution in [0.3, 0.4) is 0 Å². The maximum absolute atomic E-state index is 13.0. The van der Waals surface area contributed by atoms with Crippen molar-refractivity contribution in [2.75, 3.05) is 6.61 Å². The van der Waals surface area contributed by atoms with Crippen molar-refractivity contribution < 1.29 is 14.3 Å². The smallest absolute Gasteiger partial charge is 0.339 e. The zero-order valence-corrected chi connectivity index (χ0v) is 16.6. The summed E-state index contributed by atoms with van der Waals surface area (Å²) in [5.41, 5.74) is 3.59. The normalized spacial score (nSPS) is 14.4. The minimum Gasteiger partial charge on any atom is -0.452 e. The summed E-state index contributed by atoms with van der Waals surface area (Å²) in [6, 6.07) is 17.4. The van der Waals surface area contributed by atoms with Crippen LogP contribution in [0.4, 0.5) is 0 Å². The molecule has 4 rings (SSSR count). The molecule has 0 bridgehead atoms. The maximum atomic E-state index is 13.0. The predicted molar refractivity (Wildman–Crippen MR) is 113 cm³/mol. The molecule has 0 aliphatic heterocycles. The van der Waals surface area contributed by atoms with Crippen LogP contribution in [0.5, 0.6) is 0 Å². The van der Waals surface area contributed by atoms with Crippen molar-refractivity contribution in [1.82, 2.24) is 10.3 Å². The third-order valence-electron chi connectivity index (χ3n) is 5.44. The molecule has 1 atom stereocenters. The standard InChI is InChI=1S/C24H24N2O3/c1-15-22(24(28)29-14-21(27)25-16(2)17-12-13-17)19-10-6-7-11-20(19)26-23(15)18-8-4-3-5-9-18/h3-11,16-17H,12-14H2,1-2H3,(H,25,27)/t16-/m1/s1. The summed E-state index contributed by atoms with van der Waals surface area (Å²) < 4.78 is 5.39. The van der Waals surface area contributed by atoms with E-state index in [-0.39, 0.29) is 18.6 Å². The van der Waals surface area contributed by atoms with Gasteiger partial charge in [0.1, 0.15) is 0 Å². The first-order chi connectivity index (χ1) is 14.0. The summed E-state index contributed by atoms with van der Waals surface area (Å²) in [6.07, 6.45) is 2.29. The lowest BCUT2D eigenvalue weighted by atomic mass is 9.98. The van der Waals surface area contributed by atoms with Crippen molar-refractivity contribution in [2.45, 2.75) is 32.7 Å². The van der Waals surface area contributed by atoms with E-state index in [1.165, 1.54) is 0 Å². The topological polar surface area (TPSA) is 68.3 Å². The highest BCUT2D eigenvalue weighted by molar-refractivity contribution is 6.06. The predicted octanol–water partition coefficient (Wildman–Crippen LogP) is 4.28. The first kappa shape index (κ1) is 19.1. The van der Waals surface area contributed by atoms with Gasteiger partial charge in [-0.25, -0.2) is 9.78 Å². The molecule has 0 spiro atoms. The molecule has 5 nitrogen and oxygen atoms in total. The number of carbonyl (C=O) groups is 2. The molecule has 1 fully saturated rings. The van der Waals surface area contributed by atoms with Crippen molar-refractivity contribution in [3.05, 3.63) is 65.7 Å². The van der Waals surface area contributed by atoms with Gasteiger partial charge < -0.3 is 10.1 Å². The number of pyridine rings is 1. The van der Waals surface area contributed by atoms with Crippen LogP contribution in [0.1, 0.15) is 35.7 Å². The van der Waals surface area contributed by atoms with E-state index >= 15 is 0 Å². The summed E-state index contributed by atoms with van der Waals surface area (Å²) in [5, 5.41) is 3.63. The summed E-state index contributed by atoms with van der Waals surface area (Å²) in [6.45, 7) is 3.57. The van der Waals surface area contributed by atoms with E-state index in [4.69, 9.17) is 9.72 Å². The lowest BCUT2D eigenvalue weighted by molar-refractivity contribution is -0.124. The van der Waals surface area contributed by atoms with E-state index in [0.29, 0.717) is 11.5 Å². The third-order valence-corrected chi connectivity index (χ3v) is 5.44. The number of hydrogen-bond acceptors (Lipinski definition) is 4. The van der Waals surface area contributed by atoms with Crippen LogP contribution in [0.25, 0.3) is 22.2 Å². The van der Waals surface area contributed by atoms with Crippen LogP contribution < -0.4 is 5.32 Å². The number of carbonyl (C=O) groups excluding carboxylic acids is 2. The maximum Gasteiger partial charge on any atom is 0.339 e. The van der Waals surface area contributed by atoms with Crippen molar-refractivity contribution >= 4 is 22.8 Å². The molecule has 1 aliphatic carbocycles. The van der Waals surface area contributed by atoms with E-state index in [1.807, 2.05) is 68.4 Å². The first-order valence-corrected chi connectivity index (χ1v) is 9.96. The summed E-state index contributed by atoms with van der Waals surface area (Å²) >= 11 is 0. The van der Waals surface area contributed by atoms with Crippen LogP contribution in [-0.2, 0) is 9.53 Å². The van der Waals surface area contributed by atoms with Gasteiger partial charge in [0.15, 0.2) is 6.61 Å². The van der Waals surface area contributed by atoms with Gasteiger partial charge in [-0.3, -0.25) is 4.79 Å². The number of rotatable bonds is 6. The molecular weight excluding hydrogens is 364 g/mol. The molecule has 0 unspecified atom stereocenters. The molecule has 1 saturated carbocycles. The molecule has 148 valence electrons. The van der Waals surface area contributed by atoms with E-state index in [9.17, 15) is 9.59 Å². The van der Waals surface area contributed by atoms with Gasteiger partial charge in [-0.2, -0.15) is 0 Å². The highest BCUT2D eigenvalue weighted by atomic mass is 16.5. The van der Waals surface area contributed by atoms with Crippen LogP contribution in [-0.4, -0.2) is 29.5 Å². The number of fused-ring (bicyclic) bond motifs is 1. The Bertz CT molecular complexity index is 1060. The minimum absolute atomic E-state index is 0.120. The van der Waals surface area contributed by atoms with Gasteiger partial charge in [0, 0.05) is 17.0 Å². The van der Waals surface area contributed by atoms with E-state index in [1.54, 1.807) is 0 Å². The number of hydrogen-bond donors (Lipinski definition) is 1. The Balaban J connectivity index is 1.62. The quantitative estimate of drug-likeness (QED) is 0.640. The molecule has 1 amide bonds. The molecule has 1 aliphatic rings. The Labute approximate surface area is 170 Å². The van der Waals surface area contributed by atoms with E-state index in [0.717, 1.165) is 40.6 Å². The van der Waals surface area contributed by atoms with Crippen LogP contribution in [0.15, 0.2) is 54.6 Å². The van der Waals surface area contributed by atoms with Gasteiger partial charge in [0.25, 0.3) is 5.91 Å². The van der Waals surface area contributed by atoms with Crippen molar-refractivity contribution in [3.8, 4) is 11.3 Å². The Kier molecular flexibility index (Phi) is 5.30. The van der Waals surface area contributed by atoms with Gasteiger partial charge in [-0.15, -0.1) is 0 Å². The fraction of sp³-hybridized carbons (Fsp3) is 0.292. The van der Waals surface area contributed by atoms with E-state index in [2.05, 4.69) is 5.32 Å². The molecule has 3 aromatic rings. The molecule has 1 heterocycles. The highest BCUT2D eigenvalue weighted by Gasteiger charge is 2.29. The fourth-order valence-electron chi connectivity index (χ4n) is 3.66. The van der Waals surface area contributed by atoms with Gasteiger partial charge >= 0.3 is 5.97 Å². The Morgan fingerprint density at radius 2 is 1.79 bits per heavy atom. The Hall–Kier alpha value is -3.21. The zero-order valence-electron chi connectivity index (χ0n) is 16.6. The first-order valence-electron chi connectivity index (χ1n) is 9.96. The van der Waals surface area contributed by atoms with Crippen molar-refractivity contribution in [3.63, 3.8) is 0 Å². The van der Waals surface area contributed by atoms with E-state index < -0.39 is 5.97 Å². The molecule has 2 aromatic carbocycles. The summed E-state index contributed by atoms with van der Waals surface area (Å²) in [4.78, 5) is 29.9. The van der Waals surface area contributed by atoms with Crippen molar-refractivity contribution in [2.24, 2.45) is 5.92 Å². The van der Waals surface area contributed by atoms with Gasteiger partial charge in [0.05, 0.1) is 16.8 Å². The number of nitrogens with one attached hydrogen (secondary N) is 1. The molecule has 29 heavy (non-hydrogen) atoms. The second-order valence-corrected chi connectivity index (χ2v) is 7.61. The fourth-order valence-corrected chi connectivity index (χ4v) is 3.66. The third kappa shape index (κ3) is 4.14. The van der Waals surface area contributed by atoms with Gasteiger partial charge in [-0.1, -0.05) is 48.5 Å². The number of nitrogens with zero attached hydrogens (tertiary/aromatic N) is 1.